The summed E-state index contributed by atoms with van der Waals surface area (Å²) in [6.45, 7) is 3.55. The molecule has 1 unspecified atom stereocenters. The molecule has 8 heteroatoms. The molecule has 0 saturated heterocycles. The van der Waals surface area contributed by atoms with Gasteiger partial charge in [0.05, 0.1) is 27.7 Å². The SMILES string of the molecule is Cc1cc(C(C)NC(=O)c2c(C#N)c3ccccc3n2Cc2cccc(F)c2Cl)ccc1C(=O)O. The predicted molar refractivity (Wildman–Crippen MR) is 131 cm³/mol. The van der Waals surface area contributed by atoms with Crippen LogP contribution in [0.25, 0.3) is 10.9 Å². The lowest BCUT2D eigenvalue weighted by atomic mass is 10.0. The van der Waals surface area contributed by atoms with Crippen molar-refractivity contribution in [2.45, 2.75) is 26.4 Å². The van der Waals surface area contributed by atoms with Crippen LogP contribution in [-0.4, -0.2) is 21.6 Å². The van der Waals surface area contributed by atoms with Crippen molar-refractivity contribution in [3.63, 3.8) is 0 Å². The summed E-state index contributed by atoms with van der Waals surface area (Å²) in [7, 11) is 0. The highest BCUT2D eigenvalue weighted by Gasteiger charge is 2.25. The van der Waals surface area contributed by atoms with E-state index in [1.807, 2.05) is 0 Å². The van der Waals surface area contributed by atoms with E-state index >= 15 is 0 Å². The fraction of sp³-hybridized carbons (Fsp3) is 0.148. The lowest BCUT2D eigenvalue weighted by Crippen LogP contribution is -2.29. The first kappa shape index (κ1) is 24.0. The van der Waals surface area contributed by atoms with Gasteiger partial charge in [-0.15, -0.1) is 0 Å². The van der Waals surface area contributed by atoms with E-state index in [-0.39, 0.29) is 28.4 Å². The second-order valence-electron chi connectivity index (χ2n) is 8.23. The first-order valence-corrected chi connectivity index (χ1v) is 11.2. The Bertz CT molecular complexity index is 1520. The third kappa shape index (κ3) is 4.48. The standard InChI is InChI=1S/C27H21ClFN3O3/c1-15-12-17(10-11-19(15)27(34)35)16(2)31-26(33)25-21(13-30)20-7-3-4-9-23(20)32(25)14-18-6-5-8-22(29)24(18)28/h3-12,16H,14H2,1-2H3,(H,31,33)(H,34,35). The summed E-state index contributed by atoms with van der Waals surface area (Å²) in [6.07, 6.45) is 0. The Labute approximate surface area is 206 Å². The molecule has 1 aromatic heterocycles. The Morgan fingerprint density at radius 3 is 2.60 bits per heavy atom. The number of aromatic carboxylic acids is 1. The zero-order chi connectivity index (χ0) is 25.3. The summed E-state index contributed by atoms with van der Waals surface area (Å²) in [4.78, 5) is 24.8. The molecule has 3 aromatic carbocycles. The van der Waals surface area contributed by atoms with E-state index in [1.165, 1.54) is 12.1 Å². The quantitative estimate of drug-likeness (QED) is 0.355. The molecule has 6 nitrogen and oxygen atoms in total. The number of nitriles is 1. The van der Waals surface area contributed by atoms with Crippen LogP contribution < -0.4 is 5.32 Å². The molecule has 4 rings (SSSR count). The number of carboxylic acids is 1. The van der Waals surface area contributed by atoms with E-state index in [2.05, 4.69) is 11.4 Å². The van der Waals surface area contributed by atoms with Crippen molar-refractivity contribution in [2.24, 2.45) is 0 Å². The minimum Gasteiger partial charge on any atom is -0.478 e. The van der Waals surface area contributed by atoms with Gasteiger partial charge in [0.15, 0.2) is 0 Å². The number of carboxylic acid groups (broad SMARTS) is 1. The third-order valence-electron chi connectivity index (χ3n) is 5.99. The Morgan fingerprint density at radius 2 is 1.91 bits per heavy atom. The molecule has 0 bridgehead atoms. The molecule has 176 valence electrons. The van der Waals surface area contributed by atoms with Crippen LogP contribution in [0.5, 0.6) is 0 Å². The van der Waals surface area contributed by atoms with Gasteiger partial charge in [0.2, 0.25) is 0 Å². The predicted octanol–water partition coefficient (Wildman–Crippen LogP) is 5.85. The number of nitrogens with one attached hydrogen (secondary N) is 1. The van der Waals surface area contributed by atoms with Gasteiger partial charge in [0.1, 0.15) is 17.6 Å². The number of hydrogen-bond donors (Lipinski definition) is 2. The molecular formula is C27H21ClFN3O3. The van der Waals surface area contributed by atoms with Crippen LogP contribution in [-0.2, 0) is 6.54 Å². The summed E-state index contributed by atoms with van der Waals surface area (Å²) >= 11 is 6.19. The van der Waals surface area contributed by atoms with Crippen molar-refractivity contribution in [3.8, 4) is 6.07 Å². The Kier molecular flexibility index (Phi) is 6.59. The van der Waals surface area contributed by atoms with Gasteiger partial charge in [0.25, 0.3) is 5.91 Å². The van der Waals surface area contributed by atoms with Crippen LogP contribution in [0.15, 0.2) is 60.7 Å². The van der Waals surface area contributed by atoms with Gasteiger partial charge in [0, 0.05) is 11.9 Å². The molecule has 1 amide bonds. The highest BCUT2D eigenvalue weighted by Crippen LogP contribution is 2.30. The number of halogens is 2. The zero-order valence-corrected chi connectivity index (χ0v) is 19.7. The second-order valence-corrected chi connectivity index (χ2v) is 8.60. The van der Waals surface area contributed by atoms with Crippen molar-refractivity contribution < 1.29 is 19.1 Å². The maximum atomic E-state index is 14.1. The number of para-hydroxylation sites is 1. The van der Waals surface area contributed by atoms with E-state index in [9.17, 15) is 24.3 Å². The molecule has 0 fully saturated rings. The summed E-state index contributed by atoms with van der Waals surface area (Å²) in [5, 5.41) is 22.7. The van der Waals surface area contributed by atoms with E-state index in [0.29, 0.717) is 22.0 Å². The van der Waals surface area contributed by atoms with Crippen LogP contribution in [0.1, 0.15) is 56.1 Å². The molecule has 0 radical (unpaired) electrons. The molecule has 0 spiro atoms. The summed E-state index contributed by atoms with van der Waals surface area (Å²) < 4.78 is 15.7. The Hall–Kier alpha value is -4.15. The van der Waals surface area contributed by atoms with Gasteiger partial charge < -0.3 is 15.0 Å². The summed E-state index contributed by atoms with van der Waals surface area (Å²) in [6, 6.07) is 18.1. The molecule has 2 N–H and O–H groups in total. The van der Waals surface area contributed by atoms with Crippen molar-refractivity contribution >= 4 is 34.4 Å². The number of benzene rings is 3. The number of carbonyl (C=O) groups is 2. The van der Waals surface area contributed by atoms with Crippen molar-refractivity contribution in [1.82, 2.24) is 9.88 Å². The number of aromatic nitrogens is 1. The van der Waals surface area contributed by atoms with E-state index in [4.69, 9.17) is 11.6 Å². The number of amides is 1. The Morgan fingerprint density at radius 1 is 1.17 bits per heavy atom. The fourth-order valence-electron chi connectivity index (χ4n) is 4.20. The van der Waals surface area contributed by atoms with Crippen molar-refractivity contribution in [2.75, 3.05) is 0 Å². The number of hydrogen-bond acceptors (Lipinski definition) is 3. The maximum Gasteiger partial charge on any atom is 0.335 e. The molecule has 1 atom stereocenters. The first-order chi connectivity index (χ1) is 16.7. The van der Waals surface area contributed by atoms with E-state index in [1.54, 1.807) is 66.9 Å². The number of nitrogens with zero attached hydrogens (tertiary/aromatic N) is 2. The average molecular weight is 490 g/mol. The summed E-state index contributed by atoms with van der Waals surface area (Å²) in [5.74, 6) is -2.08. The number of aryl methyl sites for hydroxylation is 1. The minimum atomic E-state index is -1.02. The first-order valence-electron chi connectivity index (χ1n) is 10.8. The topological polar surface area (TPSA) is 95.1 Å². The maximum absolute atomic E-state index is 14.1. The van der Waals surface area contributed by atoms with E-state index < -0.39 is 23.7 Å². The fourth-order valence-corrected chi connectivity index (χ4v) is 4.39. The third-order valence-corrected chi connectivity index (χ3v) is 6.41. The largest absolute Gasteiger partial charge is 0.478 e. The van der Waals surface area contributed by atoms with Crippen molar-refractivity contribution in [1.29, 1.82) is 5.26 Å². The van der Waals surface area contributed by atoms with Gasteiger partial charge >= 0.3 is 5.97 Å². The number of carbonyl (C=O) groups excluding carboxylic acids is 1. The highest BCUT2D eigenvalue weighted by atomic mass is 35.5. The van der Waals surface area contributed by atoms with E-state index in [0.717, 1.165) is 5.56 Å². The second kappa shape index (κ2) is 9.61. The molecule has 0 saturated carbocycles. The van der Waals surface area contributed by atoms with Crippen LogP contribution in [0, 0.1) is 24.1 Å². The molecule has 0 aliphatic carbocycles. The van der Waals surface area contributed by atoms with Crippen LogP contribution in [0.2, 0.25) is 5.02 Å². The molecule has 0 aliphatic rings. The van der Waals surface area contributed by atoms with Gasteiger partial charge in [-0.1, -0.05) is 54.1 Å². The minimum absolute atomic E-state index is 0.0440. The molecular weight excluding hydrogens is 469 g/mol. The van der Waals surface area contributed by atoms with Gasteiger partial charge in [-0.3, -0.25) is 4.79 Å². The monoisotopic (exact) mass is 489 g/mol. The van der Waals surface area contributed by atoms with Crippen LogP contribution >= 0.6 is 11.6 Å². The smallest absolute Gasteiger partial charge is 0.335 e. The van der Waals surface area contributed by atoms with Gasteiger partial charge in [-0.05, 0) is 48.7 Å². The van der Waals surface area contributed by atoms with Crippen LogP contribution in [0.4, 0.5) is 4.39 Å². The van der Waals surface area contributed by atoms with Crippen molar-refractivity contribution in [3.05, 3.63) is 105 Å². The van der Waals surface area contributed by atoms with Crippen LogP contribution in [0.3, 0.4) is 0 Å². The number of fused-ring (bicyclic) bond motifs is 1. The lowest BCUT2D eigenvalue weighted by molar-refractivity contribution is 0.0695. The number of rotatable bonds is 6. The van der Waals surface area contributed by atoms with Gasteiger partial charge in [-0.2, -0.15) is 5.26 Å². The zero-order valence-electron chi connectivity index (χ0n) is 19.0. The van der Waals surface area contributed by atoms with Gasteiger partial charge in [-0.25, -0.2) is 9.18 Å². The molecule has 0 aliphatic heterocycles. The normalized spacial score (nSPS) is 11.7. The molecule has 1 heterocycles. The lowest BCUT2D eigenvalue weighted by Gasteiger charge is -2.18. The Balaban J connectivity index is 1.76. The summed E-state index contributed by atoms with van der Waals surface area (Å²) in [5.41, 5.74) is 2.93. The molecule has 4 aromatic rings. The molecule has 35 heavy (non-hydrogen) atoms. The average Bonchev–Trinajstić information content (AvgIpc) is 3.15. The highest BCUT2D eigenvalue weighted by molar-refractivity contribution is 6.31.